The van der Waals surface area contributed by atoms with E-state index in [-0.39, 0.29) is 12.2 Å². The Kier molecular flexibility index (Phi) is 4.16. The van der Waals surface area contributed by atoms with Crippen LogP contribution in [-0.4, -0.2) is 22.8 Å². The second-order valence-electron chi connectivity index (χ2n) is 5.60. The Morgan fingerprint density at radius 3 is 2.58 bits per heavy atom. The number of aryl methyl sites for hydroxylation is 2. The summed E-state index contributed by atoms with van der Waals surface area (Å²) in [6, 6.07) is 11.5. The molecule has 3 rings (SSSR count). The Balaban J connectivity index is 2.36. The van der Waals surface area contributed by atoms with Crippen LogP contribution < -0.4 is 5.56 Å². The van der Waals surface area contributed by atoms with Crippen molar-refractivity contribution < 1.29 is 9.53 Å². The third kappa shape index (κ3) is 2.58. The fourth-order valence-electron chi connectivity index (χ4n) is 3.02. The highest BCUT2D eigenvalue weighted by Crippen LogP contribution is 2.29. The van der Waals surface area contributed by atoms with Gasteiger partial charge in [0, 0.05) is 10.9 Å². The third-order valence-electron chi connectivity index (χ3n) is 4.05. The minimum absolute atomic E-state index is 0.289. The maximum absolute atomic E-state index is 12.4. The number of fused-ring (bicyclic) bond motifs is 1. The number of H-pyrrole nitrogens is 1. The highest BCUT2D eigenvalue weighted by molar-refractivity contribution is 6.03. The van der Waals surface area contributed by atoms with E-state index in [1.54, 1.807) is 13.8 Å². The van der Waals surface area contributed by atoms with Crippen LogP contribution in [0.5, 0.6) is 0 Å². The van der Waals surface area contributed by atoms with E-state index in [0.717, 1.165) is 16.5 Å². The van der Waals surface area contributed by atoms with Crippen LogP contribution in [0.3, 0.4) is 0 Å². The van der Waals surface area contributed by atoms with Crippen molar-refractivity contribution in [3.8, 4) is 11.3 Å². The zero-order valence-corrected chi connectivity index (χ0v) is 13.8. The lowest BCUT2D eigenvalue weighted by Crippen LogP contribution is -2.15. The van der Waals surface area contributed by atoms with Crippen LogP contribution in [0.1, 0.15) is 28.4 Å². The molecule has 0 spiro atoms. The van der Waals surface area contributed by atoms with Gasteiger partial charge in [0.25, 0.3) is 5.56 Å². The fourth-order valence-corrected chi connectivity index (χ4v) is 3.02. The lowest BCUT2D eigenvalue weighted by atomic mass is 9.94. The molecule has 1 heterocycles. The van der Waals surface area contributed by atoms with Gasteiger partial charge in [0.05, 0.1) is 23.3 Å². The monoisotopic (exact) mass is 322 g/mol. The summed E-state index contributed by atoms with van der Waals surface area (Å²) in [4.78, 5) is 24.6. The molecule has 0 aliphatic rings. The molecular weight excluding hydrogens is 304 g/mol. The number of nitrogens with zero attached hydrogens (tertiary/aromatic N) is 1. The molecule has 24 heavy (non-hydrogen) atoms. The molecule has 1 aromatic heterocycles. The van der Waals surface area contributed by atoms with Crippen LogP contribution in [0.25, 0.3) is 22.0 Å². The van der Waals surface area contributed by atoms with Gasteiger partial charge >= 0.3 is 5.97 Å². The third-order valence-corrected chi connectivity index (χ3v) is 4.05. The number of carbonyl (C=O) groups is 1. The van der Waals surface area contributed by atoms with Crippen molar-refractivity contribution in [1.29, 1.82) is 0 Å². The normalized spacial score (nSPS) is 10.8. The molecule has 0 unspecified atom stereocenters. The quantitative estimate of drug-likeness (QED) is 0.750. The van der Waals surface area contributed by atoms with E-state index in [9.17, 15) is 9.59 Å². The molecule has 0 saturated heterocycles. The summed E-state index contributed by atoms with van der Waals surface area (Å²) in [5, 5.41) is 7.96. The first-order chi connectivity index (χ1) is 11.5. The van der Waals surface area contributed by atoms with Gasteiger partial charge < -0.3 is 4.74 Å². The number of aromatic amines is 1. The molecule has 2 aromatic carbocycles. The van der Waals surface area contributed by atoms with Crippen LogP contribution in [0, 0.1) is 13.8 Å². The van der Waals surface area contributed by atoms with Gasteiger partial charge in [-0.15, -0.1) is 0 Å². The van der Waals surface area contributed by atoms with Crippen molar-refractivity contribution in [2.45, 2.75) is 20.8 Å². The Hall–Kier alpha value is -2.95. The van der Waals surface area contributed by atoms with Gasteiger partial charge in [-0.25, -0.2) is 9.89 Å². The molecule has 0 amide bonds. The SMILES string of the molecule is CCOC(=O)c1c(C)cc2c(-c3ccccc3)n[nH]c(=O)c2c1C. The van der Waals surface area contributed by atoms with E-state index in [1.807, 2.05) is 43.3 Å². The Morgan fingerprint density at radius 2 is 1.92 bits per heavy atom. The van der Waals surface area contributed by atoms with Crippen LogP contribution in [0.4, 0.5) is 0 Å². The van der Waals surface area contributed by atoms with E-state index >= 15 is 0 Å². The maximum atomic E-state index is 12.4. The van der Waals surface area contributed by atoms with Gasteiger partial charge in [-0.1, -0.05) is 30.3 Å². The van der Waals surface area contributed by atoms with Gasteiger partial charge in [0.15, 0.2) is 0 Å². The molecule has 0 radical (unpaired) electrons. The number of hydrogen-bond donors (Lipinski definition) is 1. The molecule has 5 nitrogen and oxygen atoms in total. The molecule has 0 atom stereocenters. The zero-order valence-electron chi connectivity index (χ0n) is 13.8. The van der Waals surface area contributed by atoms with E-state index in [2.05, 4.69) is 10.2 Å². The Labute approximate surface area is 139 Å². The first-order valence-electron chi connectivity index (χ1n) is 7.79. The minimum Gasteiger partial charge on any atom is -0.462 e. The minimum atomic E-state index is -0.410. The molecule has 0 bridgehead atoms. The van der Waals surface area contributed by atoms with Gasteiger partial charge in [-0.05, 0) is 38.0 Å². The van der Waals surface area contributed by atoms with Gasteiger partial charge in [-0.2, -0.15) is 5.10 Å². The first-order valence-corrected chi connectivity index (χ1v) is 7.79. The number of aromatic nitrogens is 2. The maximum Gasteiger partial charge on any atom is 0.338 e. The van der Waals surface area contributed by atoms with Crippen molar-refractivity contribution in [3.63, 3.8) is 0 Å². The Morgan fingerprint density at radius 1 is 1.21 bits per heavy atom. The highest BCUT2D eigenvalue weighted by atomic mass is 16.5. The predicted molar refractivity (Wildman–Crippen MR) is 93.2 cm³/mol. The van der Waals surface area contributed by atoms with E-state index < -0.39 is 5.97 Å². The van der Waals surface area contributed by atoms with Crippen molar-refractivity contribution in [2.75, 3.05) is 6.61 Å². The van der Waals surface area contributed by atoms with Gasteiger partial charge in [-0.3, -0.25) is 4.79 Å². The number of nitrogens with one attached hydrogen (secondary N) is 1. The smallest absolute Gasteiger partial charge is 0.338 e. The predicted octanol–water partition coefficient (Wildman–Crippen LogP) is 3.38. The number of carbonyl (C=O) groups excluding carboxylic acids is 1. The molecule has 1 N–H and O–H groups in total. The highest BCUT2D eigenvalue weighted by Gasteiger charge is 2.20. The summed E-state index contributed by atoms with van der Waals surface area (Å²) in [7, 11) is 0. The number of ether oxygens (including phenoxy) is 1. The van der Waals surface area contributed by atoms with Gasteiger partial charge in [0.1, 0.15) is 0 Å². The zero-order chi connectivity index (χ0) is 17.3. The number of rotatable bonds is 3. The van der Waals surface area contributed by atoms with Crippen LogP contribution in [-0.2, 0) is 4.74 Å². The van der Waals surface area contributed by atoms with Crippen LogP contribution in [0.15, 0.2) is 41.2 Å². The van der Waals surface area contributed by atoms with Crippen LogP contribution in [0.2, 0.25) is 0 Å². The molecule has 122 valence electrons. The largest absolute Gasteiger partial charge is 0.462 e. The number of benzene rings is 2. The van der Waals surface area contributed by atoms with Crippen molar-refractivity contribution in [3.05, 3.63) is 63.4 Å². The summed E-state index contributed by atoms with van der Waals surface area (Å²) in [6.07, 6.45) is 0. The number of hydrogen-bond acceptors (Lipinski definition) is 4. The molecule has 0 fully saturated rings. The summed E-state index contributed by atoms with van der Waals surface area (Å²) in [6.45, 7) is 5.66. The summed E-state index contributed by atoms with van der Waals surface area (Å²) >= 11 is 0. The van der Waals surface area contributed by atoms with Crippen LogP contribution >= 0.6 is 0 Å². The fraction of sp³-hybridized carbons (Fsp3) is 0.211. The molecule has 3 aromatic rings. The van der Waals surface area contributed by atoms with E-state index in [1.165, 1.54) is 0 Å². The summed E-state index contributed by atoms with van der Waals surface area (Å²) < 4.78 is 5.13. The molecular formula is C19H18N2O3. The Bertz CT molecular complexity index is 975. The molecule has 0 aliphatic heterocycles. The van der Waals surface area contributed by atoms with Gasteiger partial charge in [0.2, 0.25) is 0 Å². The van der Waals surface area contributed by atoms with E-state index in [0.29, 0.717) is 22.2 Å². The van der Waals surface area contributed by atoms with Crippen molar-refractivity contribution in [1.82, 2.24) is 10.2 Å². The molecule has 0 aliphatic carbocycles. The number of esters is 1. The summed E-state index contributed by atoms with van der Waals surface area (Å²) in [5.41, 5.74) is 3.10. The lowest BCUT2D eigenvalue weighted by molar-refractivity contribution is 0.0525. The second kappa shape index (κ2) is 6.28. The van der Waals surface area contributed by atoms with Crippen molar-refractivity contribution >= 4 is 16.7 Å². The van der Waals surface area contributed by atoms with Crippen molar-refractivity contribution in [2.24, 2.45) is 0 Å². The average Bonchev–Trinajstić information content (AvgIpc) is 2.55. The van der Waals surface area contributed by atoms with E-state index in [4.69, 9.17) is 4.74 Å². The lowest BCUT2D eigenvalue weighted by Gasteiger charge is -2.13. The molecule has 5 heteroatoms. The average molecular weight is 322 g/mol. The topological polar surface area (TPSA) is 72.0 Å². The first kappa shape index (κ1) is 15.9. The second-order valence-corrected chi connectivity index (χ2v) is 5.60. The standard InChI is InChI=1S/C19H18N2O3/c1-4-24-19(23)15-11(2)10-14-16(12(15)3)18(22)21-20-17(14)13-8-6-5-7-9-13/h5-10H,4H2,1-3H3,(H,21,22). The summed E-state index contributed by atoms with van der Waals surface area (Å²) in [5.74, 6) is -0.410. The molecule has 0 saturated carbocycles.